The zero-order valence-corrected chi connectivity index (χ0v) is 11.6. The van der Waals surface area contributed by atoms with Crippen LogP contribution in [0.2, 0.25) is 0 Å². The Labute approximate surface area is 105 Å². The Morgan fingerprint density at radius 3 is 2.65 bits per heavy atom. The van der Waals surface area contributed by atoms with E-state index in [9.17, 15) is 9.90 Å². The first-order valence-electron chi connectivity index (χ1n) is 6.99. The van der Waals surface area contributed by atoms with Crippen molar-refractivity contribution in [1.82, 2.24) is 0 Å². The predicted octanol–water partition coefficient (Wildman–Crippen LogP) is 3.18. The maximum Gasteiger partial charge on any atom is 0.139 e. The van der Waals surface area contributed by atoms with E-state index in [1.165, 1.54) is 19.3 Å². The predicted molar refractivity (Wildman–Crippen MR) is 68.6 cm³/mol. The summed E-state index contributed by atoms with van der Waals surface area (Å²) in [5.41, 5.74) is -0.647. The molecule has 0 aromatic carbocycles. The highest BCUT2D eigenvalue weighted by Crippen LogP contribution is 2.54. The fourth-order valence-corrected chi connectivity index (χ4v) is 4.23. The van der Waals surface area contributed by atoms with Crippen molar-refractivity contribution in [3.05, 3.63) is 0 Å². The molecule has 2 saturated carbocycles. The molecule has 0 aromatic rings. The van der Waals surface area contributed by atoms with Gasteiger partial charge in [-0.2, -0.15) is 0 Å². The van der Waals surface area contributed by atoms with E-state index >= 15 is 0 Å². The van der Waals surface area contributed by atoms with E-state index in [-0.39, 0.29) is 17.1 Å². The zero-order valence-electron chi connectivity index (χ0n) is 11.6. The molecule has 2 nitrogen and oxygen atoms in total. The van der Waals surface area contributed by atoms with Gasteiger partial charge in [0.25, 0.3) is 0 Å². The number of fused-ring (bicyclic) bond motifs is 1. The van der Waals surface area contributed by atoms with Gasteiger partial charge >= 0.3 is 0 Å². The van der Waals surface area contributed by atoms with Crippen LogP contribution in [0.25, 0.3) is 0 Å². The Bertz CT molecular complexity index is 315. The molecule has 2 aliphatic carbocycles. The lowest BCUT2D eigenvalue weighted by Crippen LogP contribution is -2.50. The second-order valence-corrected chi connectivity index (χ2v) is 7.22. The van der Waals surface area contributed by atoms with Crippen LogP contribution in [-0.2, 0) is 4.79 Å². The molecule has 0 aromatic heterocycles. The molecule has 0 radical (unpaired) electrons. The maximum absolute atomic E-state index is 12.2. The van der Waals surface area contributed by atoms with Crippen LogP contribution in [0.1, 0.15) is 59.8 Å². The molecule has 1 N–H and O–H groups in total. The fraction of sp³-hybridized carbons (Fsp3) is 0.933. The summed E-state index contributed by atoms with van der Waals surface area (Å²) >= 11 is 0. The van der Waals surface area contributed by atoms with Gasteiger partial charge in [-0.15, -0.1) is 0 Å². The Balaban J connectivity index is 2.23. The molecular weight excluding hydrogens is 212 g/mol. The monoisotopic (exact) mass is 238 g/mol. The third-order valence-corrected chi connectivity index (χ3v) is 5.30. The van der Waals surface area contributed by atoms with Crippen LogP contribution in [0.3, 0.4) is 0 Å². The van der Waals surface area contributed by atoms with Crippen molar-refractivity contribution in [2.75, 3.05) is 0 Å². The summed E-state index contributed by atoms with van der Waals surface area (Å²) in [5.74, 6) is 1.45. The Morgan fingerprint density at radius 2 is 2.06 bits per heavy atom. The van der Waals surface area contributed by atoms with Crippen molar-refractivity contribution in [2.24, 2.45) is 23.2 Å². The van der Waals surface area contributed by atoms with Gasteiger partial charge in [-0.05, 0) is 43.9 Å². The van der Waals surface area contributed by atoms with Crippen LogP contribution >= 0.6 is 0 Å². The molecule has 0 aliphatic heterocycles. The number of aliphatic hydroxyl groups is 1. The van der Waals surface area contributed by atoms with Crippen LogP contribution in [0.4, 0.5) is 0 Å². The van der Waals surface area contributed by atoms with E-state index in [4.69, 9.17) is 0 Å². The SMILES string of the molecule is C[C@H]1CCC[C@]2(C)CC(=O)[C@@H](C(C)(C)O)C[C@@H]12. The van der Waals surface area contributed by atoms with Crippen LogP contribution < -0.4 is 0 Å². The first-order valence-corrected chi connectivity index (χ1v) is 6.99. The average Bonchev–Trinajstić information content (AvgIpc) is 2.13. The normalized spacial score (nSPS) is 43.4. The summed E-state index contributed by atoms with van der Waals surface area (Å²) < 4.78 is 0. The molecule has 2 fully saturated rings. The molecule has 4 atom stereocenters. The fourth-order valence-electron chi connectivity index (χ4n) is 4.23. The quantitative estimate of drug-likeness (QED) is 0.762. The Kier molecular flexibility index (Phi) is 3.14. The van der Waals surface area contributed by atoms with Gasteiger partial charge in [-0.3, -0.25) is 4.79 Å². The number of hydrogen-bond acceptors (Lipinski definition) is 2. The molecule has 0 bridgehead atoms. The lowest BCUT2D eigenvalue weighted by atomic mass is 9.53. The number of carbonyl (C=O) groups is 1. The van der Waals surface area contributed by atoms with Gasteiger partial charge in [-0.25, -0.2) is 0 Å². The van der Waals surface area contributed by atoms with Gasteiger partial charge < -0.3 is 5.11 Å². The van der Waals surface area contributed by atoms with E-state index < -0.39 is 5.60 Å². The smallest absolute Gasteiger partial charge is 0.139 e. The van der Waals surface area contributed by atoms with Crippen molar-refractivity contribution in [3.63, 3.8) is 0 Å². The summed E-state index contributed by atoms with van der Waals surface area (Å²) in [6.45, 7) is 8.17. The number of rotatable bonds is 1. The third-order valence-electron chi connectivity index (χ3n) is 5.30. The molecule has 98 valence electrons. The standard InChI is InChI=1S/C15H26O2/c1-10-6-5-7-15(4)9-13(16)12(8-11(10)15)14(2,3)17/h10-12,17H,5-9H2,1-4H3/t10-,11-,12-,15+/m0/s1. The van der Waals surface area contributed by atoms with Crippen molar-refractivity contribution in [1.29, 1.82) is 0 Å². The van der Waals surface area contributed by atoms with Gasteiger partial charge in [0.2, 0.25) is 0 Å². The summed E-state index contributed by atoms with van der Waals surface area (Å²) in [6, 6.07) is 0. The molecular formula is C15H26O2. The minimum Gasteiger partial charge on any atom is -0.390 e. The van der Waals surface area contributed by atoms with Gasteiger partial charge in [0, 0.05) is 12.3 Å². The molecule has 17 heavy (non-hydrogen) atoms. The molecule has 2 rings (SSSR count). The molecule has 0 heterocycles. The minimum absolute atomic E-state index is 0.152. The summed E-state index contributed by atoms with van der Waals surface area (Å²) in [5, 5.41) is 10.2. The lowest BCUT2D eigenvalue weighted by molar-refractivity contribution is -0.145. The van der Waals surface area contributed by atoms with Gasteiger partial charge in [0.15, 0.2) is 0 Å². The Morgan fingerprint density at radius 1 is 1.41 bits per heavy atom. The first-order chi connectivity index (χ1) is 7.74. The number of ketones is 1. The molecule has 0 unspecified atom stereocenters. The number of carbonyl (C=O) groups excluding carboxylic acids is 1. The summed E-state index contributed by atoms with van der Waals surface area (Å²) in [6.07, 6.45) is 5.30. The van der Waals surface area contributed by atoms with Gasteiger partial charge in [0.1, 0.15) is 5.78 Å². The van der Waals surface area contributed by atoms with Crippen molar-refractivity contribution in [3.8, 4) is 0 Å². The van der Waals surface area contributed by atoms with Crippen molar-refractivity contribution in [2.45, 2.75) is 65.4 Å². The molecule has 0 spiro atoms. The topological polar surface area (TPSA) is 37.3 Å². The lowest BCUT2D eigenvalue weighted by Gasteiger charge is -2.51. The maximum atomic E-state index is 12.2. The van der Waals surface area contributed by atoms with Crippen LogP contribution in [0.5, 0.6) is 0 Å². The van der Waals surface area contributed by atoms with Crippen LogP contribution in [-0.4, -0.2) is 16.5 Å². The second kappa shape index (κ2) is 4.08. The molecule has 2 heteroatoms. The summed E-state index contributed by atoms with van der Waals surface area (Å²) in [4.78, 5) is 12.2. The highest BCUT2D eigenvalue weighted by molar-refractivity contribution is 5.83. The van der Waals surface area contributed by atoms with E-state index in [0.29, 0.717) is 18.3 Å². The van der Waals surface area contributed by atoms with E-state index in [2.05, 4.69) is 13.8 Å². The van der Waals surface area contributed by atoms with Crippen molar-refractivity contribution < 1.29 is 9.90 Å². The first kappa shape index (κ1) is 13.1. The van der Waals surface area contributed by atoms with E-state index in [1.807, 2.05) is 0 Å². The van der Waals surface area contributed by atoms with Gasteiger partial charge in [0.05, 0.1) is 5.60 Å². The highest BCUT2D eigenvalue weighted by Gasteiger charge is 2.50. The molecule has 0 amide bonds. The minimum atomic E-state index is -0.852. The largest absolute Gasteiger partial charge is 0.390 e. The van der Waals surface area contributed by atoms with Crippen LogP contribution in [0, 0.1) is 23.2 Å². The average molecular weight is 238 g/mol. The number of hydrogen-bond donors (Lipinski definition) is 1. The van der Waals surface area contributed by atoms with Gasteiger partial charge in [-0.1, -0.05) is 26.7 Å². The highest BCUT2D eigenvalue weighted by atomic mass is 16.3. The van der Waals surface area contributed by atoms with E-state index in [1.54, 1.807) is 13.8 Å². The van der Waals surface area contributed by atoms with Crippen molar-refractivity contribution >= 4 is 5.78 Å². The Hall–Kier alpha value is -0.370. The number of Topliss-reactive ketones (excluding diaryl/α,β-unsaturated/α-hetero) is 1. The summed E-state index contributed by atoms with van der Waals surface area (Å²) in [7, 11) is 0. The second-order valence-electron chi connectivity index (χ2n) is 7.22. The van der Waals surface area contributed by atoms with E-state index in [0.717, 1.165) is 6.42 Å². The molecule has 2 aliphatic rings. The molecule has 0 saturated heterocycles. The zero-order chi connectivity index (χ0) is 12.8. The van der Waals surface area contributed by atoms with Crippen LogP contribution in [0.15, 0.2) is 0 Å². The third kappa shape index (κ3) is 2.29.